The summed E-state index contributed by atoms with van der Waals surface area (Å²) >= 11 is 6.04. The van der Waals surface area contributed by atoms with Gasteiger partial charge in [-0.05, 0) is 62.8 Å². The van der Waals surface area contributed by atoms with Gasteiger partial charge in [0.2, 0.25) is 0 Å². The van der Waals surface area contributed by atoms with Gasteiger partial charge in [0.15, 0.2) is 5.82 Å². The van der Waals surface area contributed by atoms with Crippen LogP contribution in [-0.4, -0.2) is 19.9 Å². The minimum atomic E-state index is -0.0376. The predicted molar refractivity (Wildman–Crippen MR) is 139 cm³/mol. The second kappa shape index (κ2) is 10.7. The molecule has 0 N–H and O–H groups in total. The number of rotatable bonds is 10. The van der Waals surface area contributed by atoms with Crippen molar-refractivity contribution in [3.63, 3.8) is 0 Å². The molecule has 2 heterocycles. The van der Waals surface area contributed by atoms with E-state index in [1.165, 1.54) is 0 Å². The molecule has 0 saturated carbocycles. The number of pyridine rings is 1. The predicted octanol–water partition coefficient (Wildman–Crippen LogP) is 8.19. The van der Waals surface area contributed by atoms with Gasteiger partial charge in [0.05, 0.1) is 5.69 Å². The van der Waals surface area contributed by atoms with Crippen LogP contribution >= 0.6 is 11.6 Å². The third kappa shape index (κ3) is 4.96. The summed E-state index contributed by atoms with van der Waals surface area (Å²) in [6, 6.07) is 11.8. The molecule has 0 unspecified atom stereocenters. The zero-order chi connectivity index (χ0) is 24.1. The van der Waals surface area contributed by atoms with Crippen LogP contribution in [0.4, 0.5) is 0 Å². The maximum absolute atomic E-state index is 6.04. The van der Waals surface area contributed by atoms with E-state index in [0.29, 0.717) is 0 Å². The number of benzene rings is 1. The van der Waals surface area contributed by atoms with Gasteiger partial charge in [-0.15, -0.1) is 0 Å². The van der Waals surface area contributed by atoms with E-state index in [0.717, 1.165) is 77.8 Å². The minimum absolute atomic E-state index is 0.0376. The zero-order valence-electron chi connectivity index (χ0n) is 21.0. The van der Waals surface area contributed by atoms with Crippen LogP contribution in [0, 0.1) is 0 Å². The molecule has 0 amide bonds. The Balaban J connectivity index is 2.15. The lowest BCUT2D eigenvalue weighted by Gasteiger charge is -2.33. The molecule has 0 saturated heterocycles. The fraction of sp³-hybridized carbons (Fsp3) is 0.500. The van der Waals surface area contributed by atoms with Crippen LogP contribution < -0.4 is 0 Å². The molecule has 0 atom stereocenters. The molecule has 0 radical (unpaired) electrons. The first kappa shape index (κ1) is 25.3. The van der Waals surface area contributed by atoms with E-state index in [1.54, 1.807) is 0 Å². The normalized spacial score (nSPS) is 12.2. The van der Waals surface area contributed by atoms with Gasteiger partial charge in [0.1, 0.15) is 11.6 Å². The van der Waals surface area contributed by atoms with E-state index in [1.807, 2.05) is 36.5 Å². The van der Waals surface area contributed by atoms with Crippen molar-refractivity contribution < 1.29 is 0 Å². The Labute approximate surface area is 204 Å². The van der Waals surface area contributed by atoms with Crippen LogP contribution in [0.25, 0.3) is 22.6 Å². The lowest BCUT2D eigenvalue weighted by Crippen LogP contribution is -2.32. The van der Waals surface area contributed by atoms with Crippen LogP contribution in [0.2, 0.25) is 5.02 Å². The highest BCUT2D eigenvalue weighted by Crippen LogP contribution is 2.38. The van der Waals surface area contributed by atoms with E-state index in [-0.39, 0.29) is 10.8 Å². The molecule has 4 nitrogen and oxygen atoms in total. The highest BCUT2D eigenvalue weighted by molar-refractivity contribution is 6.30. The van der Waals surface area contributed by atoms with Crippen molar-refractivity contribution in [3.8, 4) is 22.6 Å². The number of aromatic nitrogens is 4. The van der Waals surface area contributed by atoms with Gasteiger partial charge in [0, 0.05) is 33.2 Å². The molecule has 0 fully saturated rings. The maximum atomic E-state index is 6.04. The lowest BCUT2D eigenvalue weighted by atomic mass is 9.77. The monoisotopic (exact) mass is 464 g/mol. The first-order valence-electron chi connectivity index (χ1n) is 12.4. The number of hydrogen-bond acceptors (Lipinski definition) is 4. The molecule has 0 aliphatic carbocycles. The number of halogens is 1. The largest absolute Gasteiger partial charge is 0.255 e. The van der Waals surface area contributed by atoms with Crippen LogP contribution in [-0.2, 0) is 10.8 Å². The molecule has 3 rings (SSSR count). The fourth-order valence-electron chi connectivity index (χ4n) is 4.75. The third-order valence-corrected chi connectivity index (χ3v) is 8.06. The van der Waals surface area contributed by atoms with E-state index < -0.39 is 0 Å². The Hall–Kier alpha value is -2.33. The smallest absolute Gasteiger partial charge is 0.164 e. The van der Waals surface area contributed by atoms with Crippen LogP contribution in [0.3, 0.4) is 0 Å². The van der Waals surface area contributed by atoms with Crippen molar-refractivity contribution in [2.45, 2.75) is 90.9 Å². The summed E-state index contributed by atoms with van der Waals surface area (Å²) in [7, 11) is 0. The summed E-state index contributed by atoms with van der Waals surface area (Å²) in [5.41, 5.74) is 2.78. The van der Waals surface area contributed by atoms with Gasteiger partial charge in [0.25, 0.3) is 0 Å². The molecular weight excluding hydrogens is 428 g/mol. The van der Waals surface area contributed by atoms with Crippen molar-refractivity contribution in [1.82, 2.24) is 19.9 Å². The Bertz CT molecular complexity index is 982. The number of nitrogens with zero attached hydrogens (tertiary/aromatic N) is 4. The molecule has 0 spiro atoms. The fourth-order valence-corrected chi connectivity index (χ4v) is 4.87. The average molecular weight is 465 g/mol. The summed E-state index contributed by atoms with van der Waals surface area (Å²) in [5, 5.41) is 0.720. The molecule has 3 aromatic rings. The zero-order valence-corrected chi connectivity index (χ0v) is 21.7. The van der Waals surface area contributed by atoms with E-state index in [4.69, 9.17) is 31.5 Å². The molecule has 0 aliphatic heterocycles. The molecule has 0 bridgehead atoms. The lowest BCUT2D eigenvalue weighted by molar-refractivity contribution is 0.330. The molecule has 33 heavy (non-hydrogen) atoms. The van der Waals surface area contributed by atoms with Gasteiger partial charge in [-0.3, -0.25) is 4.98 Å². The SMILES string of the molecule is CCC(CC)(CC)c1nc(-c2ccc(-c3ccc(Cl)cc3)nc2)nc(C(CC)(CC)CC)n1. The van der Waals surface area contributed by atoms with E-state index in [9.17, 15) is 0 Å². The van der Waals surface area contributed by atoms with Gasteiger partial charge in [-0.1, -0.05) is 65.3 Å². The minimum Gasteiger partial charge on any atom is -0.255 e. The summed E-state index contributed by atoms with van der Waals surface area (Å²) in [5.74, 6) is 2.58. The molecule has 5 heteroatoms. The average Bonchev–Trinajstić information content (AvgIpc) is 2.87. The summed E-state index contributed by atoms with van der Waals surface area (Å²) in [6.45, 7) is 13.4. The van der Waals surface area contributed by atoms with Crippen LogP contribution in [0.1, 0.15) is 91.7 Å². The van der Waals surface area contributed by atoms with E-state index >= 15 is 0 Å². The third-order valence-electron chi connectivity index (χ3n) is 7.81. The second-order valence-electron chi connectivity index (χ2n) is 8.93. The Morgan fingerprint density at radius 2 is 1.06 bits per heavy atom. The van der Waals surface area contributed by atoms with Crippen molar-refractivity contribution in [2.75, 3.05) is 0 Å². The van der Waals surface area contributed by atoms with Crippen molar-refractivity contribution in [1.29, 1.82) is 0 Å². The summed E-state index contributed by atoms with van der Waals surface area (Å²) in [4.78, 5) is 19.9. The molecule has 1 aromatic carbocycles. The molecule has 0 aliphatic rings. The molecular formula is C28H37ClN4. The summed E-state index contributed by atoms with van der Waals surface area (Å²) in [6.07, 6.45) is 7.93. The van der Waals surface area contributed by atoms with Gasteiger partial charge in [-0.2, -0.15) is 0 Å². The van der Waals surface area contributed by atoms with E-state index in [2.05, 4.69) is 47.6 Å². The first-order valence-corrected chi connectivity index (χ1v) is 12.8. The second-order valence-corrected chi connectivity index (χ2v) is 9.36. The standard InChI is InChI=1S/C28H37ClN4/c1-7-27(8-2,9-3)25-31-24(32-26(33-25)28(10-4,11-5)12-6)21-15-18-23(30-19-21)20-13-16-22(29)17-14-20/h13-19H,7-12H2,1-6H3. The quantitative estimate of drug-likeness (QED) is 0.303. The molecule has 2 aromatic heterocycles. The Morgan fingerprint density at radius 3 is 1.45 bits per heavy atom. The number of hydrogen-bond donors (Lipinski definition) is 0. The van der Waals surface area contributed by atoms with Crippen LogP contribution in [0.15, 0.2) is 42.6 Å². The molecule has 176 valence electrons. The topological polar surface area (TPSA) is 51.6 Å². The Morgan fingerprint density at radius 1 is 0.606 bits per heavy atom. The van der Waals surface area contributed by atoms with Crippen molar-refractivity contribution >= 4 is 11.6 Å². The summed E-state index contributed by atoms with van der Waals surface area (Å²) < 4.78 is 0. The van der Waals surface area contributed by atoms with Crippen molar-refractivity contribution in [3.05, 3.63) is 59.3 Å². The highest BCUT2D eigenvalue weighted by Gasteiger charge is 2.35. The van der Waals surface area contributed by atoms with Crippen LogP contribution in [0.5, 0.6) is 0 Å². The van der Waals surface area contributed by atoms with Gasteiger partial charge < -0.3 is 0 Å². The van der Waals surface area contributed by atoms with Gasteiger partial charge in [-0.25, -0.2) is 15.0 Å². The Kier molecular flexibility index (Phi) is 8.23. The maximum Gasteiger partial charge on any atom is 0.164 e. The van der Waals surface area contributed by atoms with Gasteiger partial charge >= 0.3 is 0 Å². The highest BCUT2D eigenvalue weighted by atomic mass is 35.5. The van der Waals surface area contributed by atoms with Crippen molar-refractivity contribution in [2.24, 2.45) is 0 Å². The first-order chi connectivity index (χ1) is 15.9.